The predicted molar refractivity (Wildman–Crippen MR) is 148 cm³/mol. The molecule has 2 saturated heterocycles. The third-order valence-corrected chi connectivity index (χ3v) is 8.55. The summed E-state index contributed by atoms with van der Waals surface area (Å²) in [7, 11) is 0. The number of anilines is 2. The van der Waals surface area contributed by atoms with Crippen LogP contribution in [0.4, 0.5) is 11.4 Å². The molecule has 0 aliphatic carbocycles. The van der Waals surface area contributed by atoms with Gasteiger partial charge in [0.05, 0.1) is 28.2 Å². The van der Waals surface area contributed by atoms with E-state index >= 15 is 0 Å². The van der Waals surface area contributed by atoms with E-state index in [0.29, 0.717) is 27.6 Å². The van der Waals surface area contributed by atoms with Gasteiger partial charge in [-0.25, -0.2) is 0 Å². The lowest BCUT2D eigenvalue weighted by Gasteiger charge is -2.22. The van der Waals surface area contributed by atoms with Gasteiger partial charge in [-0.2, -0.15) is 0 Å². The molecule has 2 fully saturated rings. The standard InChI is InChI=1S/C21H25I3N2O8/c1-20(2)31-7-10(33-20)18(29)25-16-13(22)9(5-6-12(27)28)14(23)17(15(16)24)26-19(30)11-8-32-21(3,4)34-11/h10-11H,5-8H2,1-4H3,(H,25,29)(H,26,30)(H,27,28). The van der Waals surface area contributed by atoms with Gasteiger partial charge in [-0.05, 0) is 107 Å². The van der Waals surface area contributed by atoms with Crippen LogP contribution in [0.15, 0.2) is 0 Å². The van der Waals surface area contributed by atoms with Crippen molar-refractivity contribution in [3.63, 3.8) is 0 Å². The molecule has 1 aromatic rings. The van der Waals surface area contributed by atoms with E-state index in [-0.39, 0.29) is 26.1 Å². The molecule has 2 amide bonds. The smallest absolute Gasteiger partial charge is 0.303 e. The van der Waals surface area contributed by atoms with Crippen LogP contribution in [-0.2, 0) is 39.8 Å². The zero-order valence-electron chi connectivity index (χ0n) is 18.9. The van der Waals surface area contributed by atoms with Crippen LogP contribution in [0, 0.1) is 10.7 Å². The molecule has 3 rings (SSSR count). The van der Waals surface area contributed by atoms with Gasteiger partial charge in [0.15, 0.2) is 23.8 Å². The second-order valence-electron chi connectivity index (χ2n) is 8.68. The molecule has 34 heavy (non-hydrogen) atoms. The van der Waals surface area contributed by atoms with Crippen molar-refractivity contribution in [2.45, 2.75) is 64.3 Å². The molecule has 13 heteroatoms. The maximum Gasteiger partial charge on any atom is 0.303 e. The number of nitrogens with one attached hydrogen (secondary N) is 2. The summed E-state index contributed by atoms with van der Waals surface area (Å²) in [5, 5.41) is 15.0. The third kappa shape index (κ3) is 6.70. The Morgan fingerprint density at radius 2 is 1.26 bits per heavy atom. The highest BCUT2D eigenvalue weighted by Crippen LogP contribution is 2.40. The topological polar surface area (TPSA) is 132 Å². The van der Waals surface area contributed by atoms with Crippen LogP contribution in [-0.4, -0.2) is 59.9 Å². The molecule has 0 aromatic heterocycles. The minimum Gasteiger partial charge on any atom is -0.481 e. The summed E-state index contributed by atoms with van der Waals surface area (Å²) in [4.78, 5) is 37.1. The number of benzene rings is 1. The number of carboxylic acid groups (broad SMARTS) is 1. The monoisotopic (exact) mass is 814 g/mol. The summed E-state index contributed by atoms with van der Waals surface area (Å²) < 4.78 is 24.3. The summed E-state index contributed by atoms with van der Waals surface area (Å²) in [5.41, 5.74) is 1.65. The molecule has 10 nitrogen and oxygen atoms in total. The van der Waals surface area contributed by atoms with Gasteiger partial charge in [-0.1, -0.05) is 0 Å². The maximum atomic E-state index is 12.9. The third-order valence-electron chi connectivity index (χ3n) is 5.09. The number of hydrogen-bond donors (Lipinski definition) is 3. The van der Waals surface area contributed by atoms with Crippen LogP contribution >= 0.6 is 67.8 Å². The minimum atomic E-state index is -0.946. The first kappa shape index (κ1) is 28.2. The molecule has 2 aliphatic rings. The number of hydrogen-bond acceptors (Lipinski definition) is 7. The second-order valence-corrected chi connectivity index (χ2v) is 11.9. The summed E-state index contributed by atoms with van der Waals surface area (Å²) in [6, 6.07) is 0. The van der Waals surface area contributed by atoms with Crippen LogP contribution in [0.1, 0.15) is 39.7 Å². The number of halogens is 3. The molecule has 2 unspecified atom stereocenters. The van der Waals surface area contributed by atoms with E-state index in [2.05, 4.69) is 78.4 Å². The van der Waals surface area contributed by atoms with Gasteiger partial charge in [0.25, 0.3) is 11.8 Å². The first-order chi connectivity index (χ1) is 15.7. The van der Waals surface area contributed by atoms with Crippen LogP contribution < -0.4 is 10.6 Å². The fourth-order valence-corrected chi connectivity index (χ4v) is 7.67. The van der Waals surface area contributed by atoms with Gasteiger partial charge in [0.1, 0.15) is 0 Å². The molecule has 2 aliphatic heterocycles. The fourth-order valence-electron chi connectivity index (χ4n) is 3.43. The largest absolute Gasteiger partial charge is 0.481 e. The van der Waals surface area contributed by atoms with Crippen molar-refractivity contribution in [3.05, 3.63) is 16.3 Å². The maximum absolute atomic E-state index is 12.9. The first-order valence-electron chi connectivity index (χ1n) is 10.4. The number of ether oxygens (including phenoxy) is 4. The molecular formula is C21H25I3N2O8. The van der Waals surface area contributed by atoms with Gasteiger partial charge in [-0.3, -0.25) is 14.4 Å². The van der Waals surface area contributed by atoms with Gasteiger partial charge < -0.3 is 34.7 Å². The van der Waals surface area contributed by atoms with E-state index < -0.39 is 41.6 Å². The molecule has 0 spiro atoms. The SMILES string of the molecule is CC1(C)OCC(C(=O)Nc2c(I)c(CCC(=O)O)c(I)c(NC(=O)C3COC(C)(C)O3)c2I)O1. The molecule has 2 atom stereocenters. The van der Waals surface area contributed by atoms with Gasteiger partial charge in [0.2, 0.25) is 0 Å². The highest BCUT2D eigenvalue weighted by molar-refractivity contribution is 14.1. The van der Waals surface area contributed by atoms with E-state index in [0.717, 1.165) is 0 Å². The molecular weight excluding hydrogens is 789 g/mol. The van der Waals surface area contributed by atoms with Crippen LogP contribution in [0.2, 0.25) is 0 Å². The van der Waals surface area contributed by atoms with Crippen LogP contribution in [0.5, 0.6) is 0 Å². The molecule has 0 radical (unpaired) electrons. The minimum absolute atomic E-state index is 0.102. The summed E-state index contributed by atoms with van der Waals surface area (Å²) >= 11 is 6.24. The first-order valence-corrected chi connectivity index (χ1v) is 13.6. The van der Waals surface area contributed by atoms with Crippen LogP contribution in [0.25, 0.3) is 0 Å². The Balaban J connectivity index is 1.94. The molecule has 0 bridgehead atoms. The van der Waals surface area contributed by atoms with E-state index in [9.17, 15) is 19.5 Å². The summed E-state index contributed by atoms with van der Waals surface area (Å²) in [6.45, 7) is 7.14. The van der Waals surface area contributed by atoms with Crippen molar-refractivity contribution < 1.29 is 38.4 Å². The number of aliphatic carboxylic acids is 1. The highest BCUT2D eigenvalue weighted by Gasteiger charge is 2.39. The summed E-state index contributed by atoms with van der Waals surface area (Å²) in [5.74, 6) is -3.45. The van der Waals surface area contributed by atoms with Crippen molar-refractivity contribution in [3.8, 4) is 0 Å². The predicted octanol–water partition coefficient (Wildman–Crippen LogP) is 3.70. The highest BCUT2D eigenvalue weighted by atomic mass is 127. The lowest BCUT2D eigenvalue weighted by molar-refractivity contribution is -0.150. The van der Waals surface area contributed by atoms with E-state index in [1.807, 2.05) is 0 Å². The van der Waals surface area contributed by atoms with E-state index in [4.69, 9.17) is 18.9 Å². The van der Waals surface area contributed by atoms with Crippen LogP contribution in [0.3, 0.4) is 0 Å². The van der Waals surface area contributed by atoms with Crippen molar-refractivity contribution in [1.29, 1.82) is 0 Å². The normalized spacial score (nSPS) is 23.0. The fraction of sp³-hybridized carbons (Fsp3) is 0.571. The number of carboxylic acids is 1. The Hall–Kier alpha value is -0.340. The molecule has 3 N–H and O–H groups in total. The van der Waals surface area contributed by atoms with Gasteiger partial charge >= 0.3 is 5.97 Å². The van der Waals surface area contributed by atoms with Crippen molar-refractivity contribution in [2.24, 2.45) is 0 Å². The van der Waals surface area contributed by atoms with Crippen molar-refractivity contribution in [2.75, 3.05) is 23.8 Å². The Labute approximate surface area is 238 Å². The van der Waals surface area contributed by atoms with Gasteiger partial charge in [0, 0.05) is 13.6 Å². The molecule has 0 saturated carbocycles. The zero-order valence-corrected chi connectivity index (χ0v) is 25.4. The molecule has 188 valence electrons. The number of carbonyl (C=O) groups is 3. The lowest BCUT2D eigenvalue weighted by Crippen LogP contribution is -2.34. The Bertz CT molecular complexity index is 947. The molecule has 2 heterocycles. The second kappa shape index (κ2) is 11.0. The number of amides is 2. The Morgan fingerprint density at radius 3 is 1.59 bits per heavy atom. The average Bonchev–Trinajstić information content (AvgIpc) is 3.29. The van der Waals surface area contributed by atoms with E-state index in [1.165, 1.54) is 0 Å². The number of rotatable bonds is 7. The quantitative estimate of drug-likeness (QED) is 0.356. The zero-order chi connectivity index (χ0) is 25.4. The summed E-state index contributed by atoms with van der Waals surface area (Å²) in [6.07, 6.45) is -1.48. The number of carbonyl (C=O) groups excluding carboxylic acids is 2. The lowest BCUT2D eigenvalue weighted by atomic mass is 10.1. The Kier molecular flexibility index (Phi) is 9.10. The molecule has 1 aromatic carbocycles. The van der Waals surface area contributed by atoms with E-state index in [1.54, 1.807) is 27.7 Å². The van der Waals surface area contributed by atoms with Gasteiger partial charge in [-0.15, -0.1) is 0 Å². The van der Waals surface area contributed by atoms with Crippen molar-refractivity contribution in [1.82, 2.24) is 0 Å². The average molecular weight is 814 g/mol. The Morgan fingerprint density at radius 1 is 0.853 bits per heavy atom. The van der Waals surface area contributed by atoms with Crippen molar-refractivity contribution >= 4 is 96.9 Å².